The van der Waals surface area contributed by atoms with E-state index in [4.69, 9.17) is 22.7 Å². The van der Waals surface area contributed by atoms with Crippen molar-refractivity contribution in [2.75, 3.05) is 12.8 Å². The Kier molecular flexibility index (Phi) is 4.29. The molecule has 0 bridgehead atoms. The molecule has 2 heterocycles. The summed E-state index contributed by atoms with van der Waals surface area (Å²) in [4.78, 5) is 11.8. The summed E-state index contributed by atoms with van der Waals surface area (Å²) >= 11 is 5.14. The number of aromatic nitrogens is 3. The van der Waals surface area contributed by atoms with Crippen LogP contribution in [0, 0.1) is 10.6 Å². The van der Waals surface area contributed by atoms with Crippen molar-refractivity contribution in [1.29, 1.82) is 0 Å². The van der Waals surface area contributed by atoms with Gasteiger partial charge in [-0.05, 0) is 65.8 Å². The van der Waals surface area contributed by atoms with Gasteiger partial charge in [0.25, 0.3) is 0 Å². The molecule has 134 valence electrons. The highest BCUT2D eigenvalue weighted by atomic mass is 32.1. The van der Waals surface area contributed by atoms with Gasteiger partial charge < -0.3 is 15.5 Å². The number of halogens is 1. The SMILES string of the molecule is COc1ccc(-c2cc(-c3ccc(F)cc3)nc3nc(=S)[nH]c(N)c23)cc1. The molecule has 0 unspecified atom stereocenters. The van der Waals surface area contributed by atoms with Crippen LogP contribution in [0.5, 0.6) is 5.75 Å². The molecule has 0 atom stereocenters. The number of nitrogen functional groups attached to an aromatic ring is 1. The van der Waals surface area contributed by atoms with Crippen molar-refractivity contribution in [3.05, 3.63) is 65.2 Å². The highest BCUT2D eigenvalue weighted by Gasteiger charge is 2.14. The van der Waals surface area contributed by atoms with Gasteiger partial charge in [0.05, 0.1) is 18.2 Å². The summed E-state index contributed by atoms with van der Waals surface area (Å²) < 4.78 is 18.8. The first-order valence-corrected chi connectivity index (χ1v) is 8.57. The van der Waals surface area contributed by atoms with Crippen LogP contribution < -0.4 is 10.5 Å². The number of rotatable bonds is 3. The third-order valence-electron chi connectivity index (χ3n) is 4.26. The first-order valence-electron chi connectivity index (χ1n) is 8.16. The fourth-order valence-electron chi connectivity index (χ4n) is 2.95. The number of ether oxygens (including phenoxy) is 1. The standard InChI is InChI=1S/C20H15FN4OS/c1-26-14-8-4-11(5-9-14)15-10-16(12-2-6-13(21)7-3-12)23-19-17(15)18(22)24-20(27)25-19/h2-10H,1H3,(H3,22,23,24,25,27). The fourth-order valence-corrected chi connectivity index (χ4v) is 3.14. The van der Waals surface area contributed by atoms with Crippen molar-refractivity contribution in [2.45, 2.75) is 0 Å². The van der Waals surface area contributed by atoms with Crippen LogP contribution in [0.3, 0.4) is 0 Å². The van der Waals surface area contributed by atoms with Crippen LogP contribution in [0.2, 0.25) is 0 Å². The van der Waals surface area contributed by atoms with Crippen molar-refractivity contribution >= 4 is 29.1 Å². The van der Waals surface area contributed by atoms with Crippen molar-refractivity contribution in [1.82, 2.24) is 15.0 Å². The summed E-state index contributed by atoms with van der Waals surface area (Å²) in [6.45, 7) is 0. The van der Waals surface area contributed by atoms with E-state index in [1.54, 1.807) is 19.2 Å². The van der Waals surface area contributed by atoms with Crippen LogP contribution in [0.15, 0.2) is 54.6 Å². The lowest BCUT2D eigenvalue weighted by molar-refractivity contribution is 0.415. The quantitative estimate of drug-likeness (QED) is 0.503. The molecule has 0 amide bonds. The van der Waals surface area contributed by atoms with E-state index in [9.17, 15) is 4.39 Å². The van der Waals surface area contributed by atoms with Gasteiger partial charge in [0.1, 0.15) is 17.4 Å². The molecule has 0 aliphatic carbocycles. The minimum atomic E-state index is -0.306. The first-order chi connectivity index (χ1) is 13.0. The van der Waals surface area contributed by atoms with E-state index >= 15 is 0 Å². The molecule has 0 saturated carbocycles. The number of hydrogen-bond acceptors (Lipinski definition) is 5. The van der Waals surface area contributed by atoms with Crippen molar-refractivity contribution in [2.24, 2.45) is 0 Å². The highest BCUT2D eigenvalue weighted by Crippen LogP contribution is 2.34. The number of H-pyrrole nitrogens is 1. The van der Waals surface area contributed by atoms with Crippen molar-refractivity contribution in [3.8, 4) is 28.1 Å². The lowest BCUT2D eigenvalue weighted by Gasteiger charge is -2.12. The zero-order valence-electron chi connectivity index (χ0n) is 14.4. The Morgan fingerprint density at radius 2 is 1.67 bits per heavy atom. The molecule has 3 N–H and O–H groups in total. The highest BCUT2D eigenvalue weighted by molar-refractivity contribution is 7.71. The van der Waals surface area contributed by atoms with Gasteiger partial charge in [-0.1, -0.05) is 12.1 Å². The largest absolute Gasteiger partial charge is 0.497 e. The molecular weight excluding hydrogens is 363 g/mol. The van der Waals surface area contributed by atoms with Gasteiger partial charge in [0, 0.05) is 5.56 Å². The van der Waals surface area contributed by atoms with Crippen LogP contribution in [0.1, 0.15) is 0 Å². The Hall–Kier alpha value is -3.32. The van der Waals surface area contributed by atoms with Crippen LogP contribution >= 0.6 is 12.2 Å². The van der Waals surface area contributed by atoms with E-state index < -0.39 is 0 Å². The maximum atomic E-state index is 13.3. The lowest BCUT2D eigenvalue weighted by Crippen LogP contribution is -2.00. The maximum Gasteiger partial charge on any atom is 0.200 e. The zero-order valence-corrected chi connectivity index (χ0v) is 15.2. The number of hydrogen-bond donors (Lipinski definition) is 2. The normalized spacial score (nSPS) is 10.9. The van der Waals surface area contributed by atoms with Gasteiger partial charge in [-0.25, -0.2) is 9.37 Å². The number of nitrogens with two attached hydrogens (primary N) is 1. The average molecular weight is 378 g/mol. The molecule has 5 nitrogen and oxygen atoms in total. The van der Waals surface area contributed by atoms with Crippen LogP contribution in [0.25, 0.3) is 33.4 Å². The topological polar surface area (TPSA) is 76.8 Å². The van der Waals surface area contributed by atoms with E-state index in [0.29, 0.717) is 22.5 Å². The minimum Gasteiger partial charge on any atom is -0.497 e. The maximum absolute atomic E-state index is 13.3. The molecule has 4 rings (SSSR count). The smallest absolute Gasteiger partial charge is 0.200 e. The molecule has 2 aromatic carbocycles. The number of benzene rings is 2. The summed E-state index contributed by atoms with van der Waals surface area (Å²) in [7, 11) is 1.62. The Morgan fingerprint density at radius 3 is 2.33 bits per heavy atom. The molecule has 27 heavy (non-hydrogen) atoms. The summed E-state index contributed by atoms with van der Waals surface area (Å²) in [6, 6.07) is 15.7. The molecule has 0 aliphatic heterocycles. The Labute approximate surface area is 159 Å². The van der Waals surface area contributed by atoms with E-state index in [1.165, 1.54) is 12.1 Å². The van der Waals surface area contributed by atoms with E-state index in [-0.39, 0.29) is 10.6 Å². The number of fused-ring (bicyclic) bond motifs is 1. The number of nitrogens with zero attached hydrogens (tertiary/aromatic N) is 2. The predicted molar refractivity (Wildman–Crippen MR) is 107 cm³/mol. The molecule has 2 aromatic heterocycles. The van der Waals surface area contributed by atoms with Crippen LogP contribution in [-0.4, -0.2) is 22.1 Å². The molecule has 0 saturated heterocycles. The number of pyridine rings is 1. The molecule has 0 fully saturated rings. The molecule has 0 aliphatic rings. The van der Waals surface area contributed by atoms with Gasteiger partial charge in [-0.2, -0.15) is 4.98 Å². The summed E-state index contributed by atoms with van der Waals surface area (Å²) in [5.74, 6) is 0.843. The zero-order chi connectivity index (χ0) is 19.0. The van der Waals surface area contributed by atoms with Gasteiger partial charge in [0.15, 0.2) is 10.4 Å². The molecule has 0 spiro atoms. The Morgan fingerprint density at radius 1 is 1.00 bits per heavy atom. The number of aromatic amines is 1. The van der Waals surface area contributed by atoms with Gasteiger partial charge in [-0.3, -0.25) is 0 Å². The third-order valence-corrected chi connectivity index (χ3v) is 4.45. The minimum absolute atomic E-state index is 0.254. The summed E-state index contributed by atoms with van der Waals surface area (Å²) in [6.07, 6.45) is 0. The van der Waals surface area contributed by atoms with Gasteiger partial charge in [-0.15, -0.1) is 0 Å². The second kappa shape index (κ2) is 6.77. The number of anilines is 1. The summed E-state index contributed by atoms with van der Waals surface area (Å²) in [5, 5.41) is 0.680. The van der Waals surface area contributed by atoms with Crippen LogP contribution in [-0.2, 0) is 0 Å². The lowest BCUT2D eigenvalue weighted by atomic mass is 9.99. The van der Waals surface area contributed by atoms with Crippen molar-refractivity contribution in [3.63, 3.8) is 0 Å². The molecule has 4 aromatic rings. The number of methoxy groups -OCH3 is 1. The van der Waals surface area contributed by atoms with Gasteiger partial charge >= 0.3 is 0 Å². The summed E-state index contributed by atoms with van der Waals surface area (Å²) in [5.41, 5.74) is 9.81. The van der Waals surface area contributed by atoms with E-state index in [0.717, 1.165) is 22.4 Å². The van der Waals surface area contributed by atoms with Crippen LogP contribution in [0.4, 0.5) is 10.2 Å². The number of nitrogens with one attached hydrogen (secondary N) is 1. The average Bonchev–Trinajstić information content (AvgIpc) is 2.67. The van der Waals surface area contributed by atoms with Crippen molar-refractivity contribution < 1.29 is 9.13 Å². The fraction of sp³-hybridized carbons (Fsp3) is 0.0500. The first kappa shape index (κ1) is 17.1. The Balaban J connectivity index is 2.01. The predicted octanol–water partition coefficient (Wildman–Crippen LogP) is 4.75. The third kappa shape index (κ3) is 3.24. The molecule has 7 heteroatoms. The van der Waals surface area contributed by atoms with Gasteiger partial charge in [0.2, 0.25) is 0 Å². The Bertz CT molecular complexity index is 1190. The molecular formula is C20H15FN4OS. The second-order valence-corrected chi connectivity index (χ2v) is 6.33. The molecule has 0 radical (unpaired) electrons. The second-order valence-electron chi connectivity index (χ2n) is 5.94. The van der Waals surface area contributed by atoms with E-state index in [2.05, 4.69) is 15.0 Å². The van der Waals surface area contributed by atoms with E-state index in [1.807, 2.05) is 30.3 Å². The monoisotopic (exact) mass is 378 g/mol.